The Hall–Kier alpha value is -1.84. The number of rotatable bonds is 2. The maximum atomic E-state index is 11.7. The summed E-state index contributed by atoms with van der Waals surface area (Å²) in [5.74, 6) is -1.06. The quantitative estimate of drug-likeness (QED) is 0.739. The monoisotopic (exact) mass is 207 g/mol. The van der Waals surface area contributed by atoms with Crippen molar-refractivity contribution in [2.45, 2.75) is 13.8 Å². The van der Waals surface area contributed by atoms with Crippen molar-refractivity contribution in [2.24, 2.45) is 7.05 Å². The number of aromatic nitrogens is 1. The lowest BCUT2D eigenvalue weighted by Gasteiger charge is -2.07. The van der Waals surface area contributed by atoms with Gasteiger partial charge in [0.2, 0.25) is 0 Å². The standard InChI is InChI=1S/C11H13NO3/c1-7-6-8(2)12(3)11(15)9(7)4-5-10(13)14/h4-6H,1-3H3,(H,13,14)/b5-4+. The number of pyridine rings is 1. The van der Waals surface area contributed by atoms with Gasteiger partial charge in [-0.05, 0) is 31.6 Å². The Morgan fingerprint density at radius 1 is 1.47 bits per heavy atom. The molecule has 1 rings (SSSR count). The lowest BCUT2D eigenvalue weighted by atomic mass is 10.1. The number of carboxylic acids is 1. The molecular formula is C11H13NO3. The van der Waals surface area contributed by atoms with Crippen molar-refractivity contribution >= 4 is 12.0 Å². The molecule has 0 saturated carbocycles. The van der Waals surface area contributed by atoms with Crippen molar-refractivity contribution < 1.29 is 9.90 Å². The lowest BCUT2D eigenvalue weighted by Crippen LogP contribution is -2.22. The van der Waals surface area contributed by atoms with Crippen molar-refractivity contribution in [3.63, 3.8) is 0 Å². The zero-order chi connectivity index (χ0) is 11.6. The van der Waals surface area contributed by atoms with Gasteiger partial charge in [-0.25, -0.2) is 4.79 Å². The molecule has 4 heteroatoms. The third-order valence-electron chi connectivity index (χ3n) is 2.31. The van der Waals surface area contributed by atoms with Gasteiger partial charge in [0.1, 0.15) is 0 Å². The Labute approximate surface area is 87.5 Å². The summed E-state index contributed by atoms with van der Waals surface area (Å²) >= 11 is 0. The van der Waals surface area contributed by atoms with Gasteiger partial charge in [0, 0.05) is 24.4 Å². The van der Waals surface area contributed by atoms with Gasteiger partial charge in [-0.3, -0.25) is 4.79 Å². The molecule has 80 valence electrons. The Morgan fingerprint density at radius 2 is 2.07 bits per heavy atom. The van der Waals surface area contributed by atoms with E-state index in [2.05, 4.69) is 0 Å². The van der Waals surface area contributed by atoms with E-state index in [1.54, 1.807) is 14.0 Å². The molecule has 1 aromatic heterocycles. The van der Waals surface area contributed by atoms with E-state index in [-0.39, 0.29) is 5.56 Å². The maximum absolute atomic E-state index is 11.7. The van der Waals surface area contributed by atoms with Gasteiger partial charge in [0.05, 0.1) is 0 Å². The van der Waals surface area contributed by atoms with Crippen LogP contribution in [-0.2, 0) is 11.8 Å². The van der Waals surface area contributed by atoms with E-state index in [9.17, 15) is 9.59 Å². The van der Waals surface area contributed by atoms with Crippen LogP contribution in [0.2, 0.25) is 0 Å². The Bertz CT molecular complexity index is 483. The second-order valence-corrected chi connectivity index (χ2v) is 3.42. The molecular weight excluding hydrogens is 194 g/mol. The summed E-state index contributed by atoms with van der Waals surface area (Å²) in [7, 11) is 1.66. The first kappa shape index (κ1) is 11.2. The molecule has 1 heterocycles. The highest BCUT2D eigenvalue weighted by atomic mass is 16.4. The van der Waals surface area contributed by atoms with Crippen LogP contribution in [0.25, 0.3) is 6.08 Å². The topological polar surface area (TPSA) is 59.3 Å². The van der Waals surface area contributed by atoms with E-state index in [0.29, 0.717) is 5.56 Å². The smallest absolute Gasteiger partial charge is 0.328 e. The summed E-state index contributed by atoms with van der Waals surface area (Å²) in [6, 6.07) is 1.85. The van der Waals surface area contributed by atoms with Crippen molar-refractivity contribution in [2.75, 3.05) is 0 Å². The predicted molar refractivity (Wildman–Crippen MR) is 57.8 cm³/mol. The van der Waals surface area contributed by atoms with Gasteiger partial charge < -0.3 is 9.67 Å². The number of nitrogens with zero attached hydrogens (tertiary/aromatic N) is 1. The molecule has 0 radical (unpaired) electrons. The molecule has 0 saturated heterocycles. The molecule has 15 heavy (non-hydrogen) atoms. The summed E-state index contributed by atoms with van der Waals surface area (Å²) in [5, 5.41) is 8.48. The number of hydrogen-bond acceptors (Lipinski definition) is 2. The van der Waals surface area contributed by atoms with Crippen LogP contribution in [0.4, 0.5) is 0 Å². The van der Waals surface area contributed by atoms with E-state index < -0.39 is 5.97 Å². The Kier molecular flexibility index (Phi) is 3.09. The van der Waals surface area contributed by atoms with Crippen LogP contribution in [0.1, 0.15) is 16.8 Å². The minimum atomic E-state index is -1.06. The molecule has 0 unspecified atom stereocenters. The number of hydrogen-bond donors (Lipinski definition) is 1. The van der Waals surface area contributed by atoms with Crippen molar-refractivity contribution in [3.05, 3.63) is 39.3 Å². The molecule has 0 spiro atoms. The van der Waals surface area contributed by atoms with Gasteiger partial charge in [0.25, 0.3) is 5.56 Å². The van der Waals surface area contributed by atoms with E-state index >= 15 is 0 Å². The van der Waals surface area contributed by atoms with Crippen molar-refractivity contribution in [1.82, 2.24) is 4.57 Å². The molecule has 1 aromatic rings. The van der Waals surface area contributed by atoms with Gasteiger partial charge in [-0.15, -0.1) is 0 Å². The SMILES string of the molecule is Cc1cc(C)n(C)c(=O)c1/C=C/C(=O)O. The first-order valence-corrected chi connectivity index (χ1v) is 4.51. The second-order valence-electron chi connectivity index (χ2n) is 3.42. The van der Waals surface area contributed by atoms with Crippen LogP contribution in [0.5, 0.6) is 0 Å². The third kappa shape index (κ3) is 2.34. The zero-order valence-electron chi connectivity index (χ0n) is 8.94. The Morgan fingerprint density at radius 3 is 2.60 bits per heavy atom. The van der Waals surface area contributed by atoms with Crippen LogP contribution >= 0.6 is 0 Å². The molecule has 0 fully saturated rings. The van der Waals surface area contributed by atoms with Gasteiger partial charge in [-0.1, -0.05) is 0 Å². The molecule has 0 bridgehead atoms. The number of aryl methyl sites for hydroxylation is 2. The van der Waals surface area contributed by atoms with E-state index in [0.717, 1.165) is 17.3 Å². The molecule has 0 aliphatic heterocycles. The number of aliphatic carboxylic acids is 1. The molecule has 0 aliphatic rings. The van der Waals surface area contributed by atoms with Crippen LogP contribution < -0.4 is 5.56 Å². The molecule has 0 aliphatic carbocycles. The highest BCUT2D eigenvalue weighted by molar-refractivity contribution is 5.85. The van der Waals surface area contributed by atoms with Crippen molar-refractivity contribution in [1.29, 1.82) is 0 Å². The Balaban J connectivity index is 3.37. The van der Waals surface area contributed by atoms with E-state index in [1.165, 1.54) is 10.6 Å². The minimum absolute atomic E-state index is 0.176. The third-order valence-corrected chi connectivity index (χ3v) is 2.31. The van der Waals surface area contributed by atoms with Crippen molar-refractivity contribution in [3.8, 4) is 0 Å². The fourth-order valence-corrected chi connectivity index (χ4v) is 1.35. The fraction of sp³-hybridized carbons (Fsp3) is 0.273. The predicted octanol–water partition coefficient (Wildman–Crippen LogP) is 1.10. The number of carbonyl (C=O) groups is 1. The summed E-state index contributed by atoms with van der Waals surface area (Å²) in [6.07, 6.45) is 2.30. The first-order chi connectivity index (χ1) is 6.93. The molecule has 1 N–H and O–H groups in total. The highest BCUT2D eigenvalue weighted by Gasteiger charge is 2.05. The lowest BCUT2D eigenvalue weighted by molar-refractivity contribution is -0.131. The average molecular weight is 207 g/mol. The molecule has 0 aromatic carbocycles. The van der Waals surface area contributed by atoms with E-state index in [1.807, 2.05) is 13.0 Å². The first-order valence-electron chi connectivity index (χ1n) is 4.51. The maximum Gasteiger partial charge on any atom is 0.328 e. The zero-order valence-corrected chi connectivity index (χ0v) is 8.94. The summed E-state index contributed by atoms with van der Waals surface area (Å²) in [6.45, 7) is 3.62. The molecule has 0 amide bonds. The fourth-order valence-electron chi connectivity index (χ4n) is 1.35. The summed E-state index contributed by atoms with van der Waals surface area (Å²) in [4.78, 5) is 22.1. The summed E-state index contributed by atoms with van der Waals surface area (Å²) in [5.41, 5.74) is 1.88. The number of carboxylic acid groups (broad SMARTS) is 1. The largest absolute Gasteiger partial charge is 0.478 e. The van der Waals surface area contributed by atoms with E-state index in [4.69, 9.17) is 5.11 Å². The van der Waals surface area contributed by atoms with Gasteiger partial charge in [-0.2, -0.15) is 0 Å². The van der Waals surface area contributed by atoms with Crippen LogP contribution in [0, 0.1) is 13.8 Å². The van der Waals surface area contributed by atoms with Gasteiger partial charge in [0.15, 0.2) is 0 Å². The highest BCUT2D eigenvalue weighted by Crippen LogP contribution is 2.06. The van der Waals surface area contributed by atoms with Gasteiger partial charge >= 0.3 is 5.97 Å². The molecule has 0 atom stereocenters. The van der Waals surface area contributed by atoms with Crippen LogP contribution in [-0.4, -0.2) is 15.6 Å². The van der Waals surface area contributed by atoms with Crippen LogP contribution in [0.3, 0.4) is 0 Å². The summed E-state index contributed by atoms with van der Waals surface area (Å²) < 4.78 is 1.49. The second kappa shape index (κ2) is 4.13. The minimum Gasteiger partial charge on any atom is -0.478 e. The average Bonchev–Trinajstić information content (AvgIpc) is 2.14. The normalized spacial score (nSPS) is 10.9. The van der Waals surface area contributed by atoms with Crippen LogP contribution in [0.15, 0.2) is 16.9 Å². The molecule has 4 nitrogen and oxygen atoms in total.